The largest absolute Gasteiger partial charge is 0.229 e. The van der Waals surface area contributed by atoms with Crippen molar-refractivity contribution >= 4 is 0 Å². The van der Waals surface area contributed by atoms with Gasteiger partial charge in [-0.25, -0.2) is 9.78 Å². The van der Waals surface area contributed by atoms with Gasteiger partial charge >= 0.3 is 0 Å². The zero-order valence-electron chi connectivity index (χ0n) is 8.90. The lowest BCUT2D eigenvalue weighted by Gasteiger charge is -2.36. The van der Waals surface area contributed by atoms with E-state index in [1.165, 1.54) is 12.0 Å². The van der Waals surface area contributed by atoms with Crippen LogP contribution in [0.25, 0.3) is 0 Å². The van der Waals surface area contributed by atoms with E-state index < -0.39 is 0 Å². The van der Waals surface area contributed by atoms with Crippen molar-refractivity contribution in [3.8, 4) is 0 Å². The number of hydrogen-bond donors (Lipinski definition) is 0. The maximum absolute atomic E-state index is 5.24. The highest BCUT2D eigenvalue weighted by Gasteiger charge is 2.33. The van der Waals surface area contributed by atoms with Crippen LogP contribution in [0, 0.1) is 5.92 Å². The molecule has 0 N–H and O–H groups in total. The molecule has 0 unspecified atom stereocenters. The molecule has 0 amide bonds. The zero-order valence-corrected chi connectivity index (χ0v) is 8.90. The first kappa shape index (κ1) is 9.94. The van der Waals surface area contributed by atoms with Gasteiger partial charge in [-0.05, 0) is 39.0 Å². The molecule has 0 spiro atoms. The Kier molecular flexibility index (Phi) is 3.04. The molecule has 2 bridgehead atoms. The van der Waals surface area contributed by atoms with E-state index in [9.17, 15) is 0 Å². The molecule has 3 aliphatic rings. The first-order valence-corrected chi connectivity index (χ1v) is 5.39. The SMILES string of the molecule is CC(C)=CCC[C@@H]1C[C@@H]2C=C[C@H]1OO2. The average Bonchev–Trinajstić information content (AvgIpc) is 2.19. The Morgan fingerprint density at radius 3 is 2.71 bits per heavy atom. The van der Waals surface area contributed by atoms with Crippen molar-refractivity contribution in [3.05, 3.63) is 23.8 Å². The lowest BCUT2D eigenvalue weighted by atomic mass is 9.85. The molecule has 1 aliphatic carbocycles. The maximum Gasteiger partial charge on any atom is 0.114 e. The Bertz CT molecular complexity index is 251. The second-order valence-electron chi connectivity index (χ2n) is 4.44. The predicted molar refractivity (Wildman–Crippen MR) is 55.7 cm³/mol. The molecule has 3 rings (SSSR count). The van der Waals surface area contributed by atoms with E-state index in [0.29, 0.717) is 5.92 Å². The Labute approximate surface area is 85.5 Å². The van der Waals surface area contributed by atoms with Crippen molar-refractivity contribution in [2.75, 3.05) is 0 Å². The summed E-state index contributed by atoms with van der Waals surface area (Å²) in [5.74, 6) is 0.648. The number of hydrogen-bond acceptors (Lipinski definition) is 2. The summed E-state index contributed by atoms with van der Waals surface area (Å²) >= 11 is 0. The van der Waals surface area contributed by atoms with Crippen molar-refractivity contribution in [1.82, 2.24) is 0 Å². The van der Waals surface area contributed by atoms with Crippen LogP contribution < -0.4 is 0 Å². The Hall–Kier alpha value is -0.600. The van der Waals surface area contributed by atoms with Crippen molar-refractivity contribution in [1.29, 1.82) is 0 Å². The van der Waals surface area contributed by atoms with Gasteiger partial charge in [-0.3, -0.25) is 0 Å². The van der Waals surface area contributed by atoms with Crippen LogP contribution in [0.1, 0.15) is 33.1 Å². The molecular weight excluding hydrogens is 176 g/mol. The van der Waals surface area contributed by atoms with E-state index in [1.807, 2.05) is 0 Å². The predicted octanol–water partition coefficient (Wildman–Crippen LogP) is 3.01. The molecule has 0 aromatic rings. The number of fused-ring (bicyclic) bond motifs is 2. The summed E-state index contributed by atoms with van der Waals surface area (Å²) in [4.78, 5) is 10.4. The monoisotopic (exact) mass is 194 g/mol. The first-order valence-electron chi connectivity index (χ1n) is 5.39. The highest BCUT2D eigenvalue weighted by atomic mass is 17.2. The van der Waals surface area contributed by atoms with Gasteiger partial charge in [-0.2, -0.15) is 0 Å². The minimum atomic E-state index is 0.200. The van der Waals surface area contributed by atoms with Crippen LogP contribution in [0.5, 0.6) is 0 Å². The number of rotatable bonds is 3. The molecule has 3 atom stereocenters. The Morgan fingerprint density at radius 1 is 1.36 bits per heavy atom. The molecule has 0 radical (unpaired) electrons. The molecule has 0 aromatic carbocycles. The third-order valence-corrected chi connectivity index (χ3v) is 2.90. The van der Waals surface area contributed by atoms with E-state index in [2.05, 4.69) is 32.1 Å². The minimum absolute atomic E-state index is 0.200. The summed E-state index contributed by atoms with van der Waals surface area (Å²) in [6, 6.07) is 0. The van der Waals surface area contributed by atoms with Crippen molar-refractivity contribution in [2.45, 2.75) is 45.3 Å². The average molecular weight is 194 g/mol. The van der Waals surface area contributed by atoms with E-state index in [0.717, 1.165) is 12.8 Å². The van der Waals surface area contributed by atoms with Gasteiger partial charge in [0.2, 0.25) is 0 Å². The van der Waals surface area contributed by atoms with E-state index >= 15 is 0 Å². The van der Waals surface area contributed by atoms with Gasteiger partial charge in [-0.15, -0.1) is 0 Å². The molecule has 0 aromatic heterocycles. The highest BCUT2D eigenvalue weighted by molar-refractivity contribution is 5.06. The molecular formula is C12H18O2. The fraction of sp³-hybridized carbons (Fsp3) is 0.667. The fourth-order valence-corrected chi connectivity index (χ4v) is 2.09. The molecule has 1 saturated heterocycles. The van der Waals surface area contributed by atoms with Crippen LogP contribution in [-0.2, 0) is 9.78 Å². The summed E-state index contributed by atoms with van der Waals surface area (Å²) in [5.41, 5.74) is 1.40. The normalized spacial score (nSPS) is 34.6. The molecule has 78 valence electrons. The molecule has 2 heterocycles. The molecule has 2 aliphatic heterocycles. The van der Waals surface area contributed by atoms with Crippen LogP contribution in [0.2, 0.25) is 0 Å². The molecule has 1 fully saturated rings. The van der Waals surface area contributed by atoms with Gasteiger partial charge in [0.05, 0.1) is 0 Å². The van der Waals surface area contributed by atoms with E-state index in [4.69, 9.17) is 9.78 Å². The molecule has 14 heavy (non-hydrogen) atoms. The molecule has 2 nitrogen and oxygen atoms in total. The summed E-state index contributed by atoms with van der Waals surface area (Å²) in [6.07, 6.45) is 10.5. The van der Waals surface area contributed by atoms with Crippen LogP contribution >= 0.6 is 0 Å². The first-order chi connectivity index (χ1) is 6.75. The van der Waals surface area contributed by atoms with Gasteiger partial charge in [-0.1, -0.05) is 23.8 Å². The van der Waals surface area contributed by atoms with Crippen LogP contribution in [-0.4, -0.2) is 12.2 Å². The summed E-state index contributed by atoms with van der Waals surface area (Å²) in [7, 11) is 0. The van der Waals surface area contributed by atoms with Crippen molar-refractivity contribution < 1.29 is 9.78 Å². The lowest BCUT2D eigenvalue weighted by Crippen LogP contribution is -2.38. The lowest BCUT2D eigenvalue weighted by molar-refractivity contribution is -0.374. The topological polar surface area (TPSA) is 18.5 Å². The standard InChI is InChI=1S/C12H18O2/c1-9(2)4-3-5-10-8-11-6-7-12(10)14-13-11/h4,6-7,10-12H,3,5,8H2,1-2H3/t10-,11+,12-/m1/s1. The second kappa shape index (κ2) is 4.28. The fourth-order valence-electron chi connectivity index (χ4n) is 2.09. The number of allylic oxidation sites excluding steroid dienone is 2. The van der Waals surface area contributed by atoms with Gasteiger partial charge in [0.1, 0.15) is 12.2 Å². The third kappa shape index (κ3) is 2.25. The maximum atomic E-state index is 5.24. The smallest absolute Gasteiger partial charge is 0.114 e. The van der Waals surface area contributed by atoms with Crippen molar-refractivity contribution in [2.24, 2.45) is 5.92 Å². The third-order valence-electron chi connectivity index (χ3n) is 2.90. The Balaban J connectivity index is 1.83. The van der Waals surface area contributed by atoms with Gasteiger partial charge in [0.15, 0.2) is 0 Å². The summed E-state index contributed by atoms with van der Waals surface area (Å²) in [6.45, 7) is 4.29. The molecule has 0 saturated carbocycles. The summed E-state index contributed by atoms with van der Waals surface area (Å²) in [5, 5.41) is 0. The minimum Gasteiger partial charge on any atom is -0.229 e. The van der Waals surface area contributed by atoms with Crippen LogP contribution in [0.15, 0.2) is 23.8 Å². The highest BCUT2D eigenvalue weighted by Crippen LogP contribution is 2.33. The quantitative estimate of drug-likeness (QED) is 0.508. The van der Waals surface area contributed by atoms with Crippen LogP contribution in [0.3, 0.4) is 0 Å². The second-order valence-corrected chi connectivity index (χ2v) is 4.44. The zero-order chi connectivity index (χ0) is 9.97. The van der Waals surface area contributed by atoms with E-state index in [1.54, 1.807) is 0 Å². The van der Waals surface area contributed by atoms with E-state index in [-0.39, 0.29) is 12.2 Å². The van der Waals surface area contributed by atoms with Crippen LogP contribution in [0.4, 0.5) is 0 Å². The summed E-state index contributed by atoms with van der Waals surface area (Å²) < 4.78 is 0. The molecule has 2 heteroatoms. The Morgan fingerprint density at radius 2 is 2.21 bits per heavy atom. The van der Waals surface area contributed by atoms with Crippen molar-refractivity contribution in [3.63, 3.8) is 0 Å². The van der Waals surface area contributed by atoms with Gasteiger partial charge < -0.3 is 0 Å². The van der Waals surface area contributed by atoms with Gasteiger partial charge in [0, 0.05) is 0 Å². The van der Waals surface area contributed by atoms with Gasteiger partial charge in [0.25, 0.3) is 0 Å².